The smallest absolute Gasteiger partial charge is 0.173 e. The van der Waals surface area contributed by atoms with E-state index in [-0.39, 0.29) is 0 Å². The third-order valence-electron chi connectivity index (χ3n) is 7.41. The number of pyridine rings is 1. The number of hydrogen-bond acceptors (Lipinski definition) is 2. The zero-order valence-corrected chi connectivity index (χ0v) is 21.1. The average Bonchev–Trinajstić information content (AvgIpc) is 3.35. The van der Waals surface area contributed by atoms with Crippen molar-refractivity contribution in [2.24, 2.45) is 0 Å². The number of nitrogens with zero attached hydrogens (tertiary/aromatic N) is 1. The van der Waals surface area contributed by atoms with Crippen LogP contribution < -0.4 is 15.9 Å². The molecule has 1 aromatic heterocycles. The first-order valence-electron chi connectivity index (χ1n) is 12.6. The fourth-order valence-corrected chi connectivity index (χ4v) is 8.89. The predicted molar refractivity (Wildman–Crippen MR) is 155 cm³/mol. The second-order valence-corrected chi connectivity index (χ2v) is 12.2. The lowest BCUT2D eigenvalue weighted by Crippen LogP contribution is -2.28. The van der Waals surface area contributed by atoms with Gasteiger partial charge >= 0.3 is 0 Å². The van der Waals surface area contributed by atoms with Crippen LogP contribution in [0.15, 0.2) is 134 Å². The molecule has 0 saturated carbocycles. The van der Waals surface area contributed by atoms with Crippen LogP contribution in [-0.4, -0.2) is 4.98 Å². The topological polar surface area (TPSA) is 30.0 Å². The van der Waals surface area contributed by atoms with Crippen LogP contribution >= 0.6 is 7.14 Å². The Kier molecular flexibility index (Phi) is 5.16. The molecule has 37 heavy (non-hydrogen) atoms. The van der Waals surface area contributed by atoms with Crippen molar-refractivity contribution in [3.63, 3.8) is 0 Å². The minimum atomic E-state index is -3.27. The van der Waals surface area contributed by atoms with E-state index in [1.165, 1.54) is 22.3 Å². The highest BCUT2D eigenvalue weighted by atomic mass is 31.2. The van der Waals surface area contributed by atoms with Crippen LogP contribution in [0, 0.1) is 0 Å². The lowest BCUT2D eigenvalue weighted by Gasteiger charge is -2.26. The number of aromatic nitrogens is 1. The van der Waals surface area contributed by atoms with Crippen molar-refractivity contribution in [2.75, 3.05) is 0 Å². The lowest BCUT2D eigenvalue weighted by atomic mass is 9.90. The second-order valence-electron chi connectivity index (χ2n) is 9.46. The molecule has 0 amide bonds. The summed E-state index contributed by atoms with van der Waals surface area (Å²) < 4.78 is 15.8. The summed E-state index contributed by atoms with van der Waals surface area (Å²) in [5.41, 5.74) is 7.93. The van der Waals surface area contributed by atoms with E-state index in [4.69, 9.17) is 4.98 Å². The van der Waals surface area contributed by atoms with Crippen LogP contribution in [0.2, 0.25) is 0 Å². The summed E-state index contributed by atoms with van der Waals surface area (Å²) in [6.45, 7) is 0. The molecule has 6 aromatic rings. The molecule has 0 bridgehead atoms. The van der Waals surface area contributed by atoms with E-state index in [9.17, 15) is 0 Å². The van der Waals surface area contributed by atoms with Crippen LogP contribution in [0.5, 0.6) is 0 Å². The van der Waals surface area contributed by atoms with Crippen LogP contribution in [0.25, 0.3) is 33.2 Å². The minimum absolute atomic E-state index is 0.733. The molecule has 0 fully saturated rings. The molecule has 1 heterocycles. The number of fused-ring (bicyclic) bond motifs is 4. The monoisotopic (exact) mass is 493 g/mol. The standard InChI is InChI=1S/C34H24NOP/c36-37(26-16-6-2-7-17-26,27-18-8-3-9-19-27)34-30-23-25-15-10-11-20-28(25)32(30)31(24-13-4-1-5-14-24)29-21-12-22-35-33(29)34/h1-22H,23H2. The highest BCUT2D eigenvalue weighted by Crippen LogP contribution is 2.52. The first-order valence-corrected chi connectivity index (χ1v) is 14.3. The highest BCUT2D eigenvalue weighted by molar-refractivity contribution is 7.85. The minimum Gasteiger partial charge on any atom is -0.309 e. The van der Waals surface area contributed by atoms with Crippen LogP contribution in [0.1, 0.15) is 11.1 Å². The Hall–Kier alpha value is -4.26. The second kappa shape index (κ2) is 8.69. The van der Waals surface area contributed by atoms with Crippen molar-refractivity contribution in [3.8, 4) is 22.3 Å². The van der Waals surface area contributed by atoms with Gasteiger partial charge in [-0.25, -0.2) is 0 Å². The average molecular weight is 494 g/mol. The fraction of sp³-hybridized carbons (Fsp3) is 0.0294. The Morgan fingerprint density at radius 2 is 1.19 bits per heavy atom. The van der Waals surface area contributed by atoms with Gasteiger partial charge in [-0.2, -0.15) is 0 Å². The maximum absolute atomic E-state index is 15.8. The van der Waals surface area contributed by atoms with E-state index in [1.54, 1.807) is 0 Å². The normalized spacial score (nSPS) is 12.3. The first-order chi connectivity index (χ1) is 18.3. The Bertz CT molecular complexity index is 1770. The molecular formula is C34H24NOP. The SMILES string of the molecule is O=P(c1ccccc1)(c1ccccc1)c1c2c(c(-c3ccccc3)c3cccnc13)-c1ccccc1C2. The van der Waals surface area contributed by atoms with Gasteiger partial charge in [0.05, 0.1) is 10.8 Å². The Morgan fingerprint density at radius 3 is 1.86 bits per heavy atom. The summed E-state index contributed by atoms with van der Waals surface area (Å²) in [6.07, 6.45) is 2.56. The van der Waals surface area contributed by atoms with E-state index >= 15 is 4.57 Å². The molecule has 1 aliphatic rings. The zero-order valence-electron chi connectivity index (χ0n) is 20.2. The summed E-state index contributed by atoms with van der Waals surface area (Å²) in [7, 11) is -3.27. The summed E-state index contributed by atoms with van der Waals surface area (Å²) in [5, 5.41) is 3.56. The molecule has 0 radical (unpaired) electrons. The first kappa shape index (κ1) is 22.0. The third-order valence-corrected chi connectivity index (χ3v) is 10.6. The number of hydrogen-bond donors (Lipinski definition) is 0. The van der Waals surface area contributed by atoms with E-state index in [2.05, 4.69) is 54.6 Å². The molecule has 5 aromatic carbocycles. The molecule has 176 valence electrons. The molecule has 0 unspecified atom stereocenters. The third kappa shape index (κ3) is 3.34. The maximum atomic E-state index is 15.8. The number of benzene rings is 5. The van der Waals surface area contributed by atoms with Crippen molar-refractivity contribution in [1.82, 2.24) is 4.98 Å². The Morgan fingerprint density at radius 1 is 0.595 bits per heavy atom. The van der Waals surface area contributed by atoms with Gasteiger partial charge in [-0.1, -0.05) is 121 Å². The zero-order chi connectivity index (χ0) is 24.8. The van der Waals surface area contributed by atoms with Gasteiger partial charge in [0.25, 0.3) is 0 Å². The van der Waals surface area contributed by atoms with Crippen molar-refractivity contribution in [2.45, 2.75) is 6.42 Å². The molecule has 0 spiro atoms. The van der Waals surface area contributed by atoms with Gasteiger partial charge in [-0.3, -0.25) is 4.98 Å². The highest BCUT2D eigenvalue weighted by Gasteiger charge is 2.39. The molecule has 2 nitrogen and oxygen atoms in total. The van der Waals surface area contributed by atoms with Crippen molar-refractivity contribution >= 4 is 34.0 Å². The van der Waals surface area contributed by atoms with E-state index < -0.39 is 7.14 Å². The van der Waals surface area contributed by atoms with Gasteiger partial charge in [0.15, 0.2) is 7.14 Å². The quantitative estimate of drug-likeness (QED) is 0.245. The molecule has 7 rings (SSSR count). The van der Waals surface area contributed by atoms with E-state index in [1.807, 2.05) is 79.0 Å². The predicted octanol–water partition coefficient (Wildman–Crippen LogP) is 7.11. The molecule has 0 aliphatic heterocycles. The van der Waals surface area contributed by atoms with Crippen LogP contribution in [-0.2, 0) is 11.0 Å². The summed E-state index contributed by atoms with van der Waals surface area (Å²) in [5.74, 6) is 0. The molecule has 0 N–H and O–H groups in total. The molecule has 0 saturated heterocycles. The van der Waals surface area contributed by atoms with E-state index in [0.29, 0.717) is 0 Å². The number of rotatable bonds is 4. The van der Waals surface area contributed by atoms with Crippen molar-refractivity contribution < 1.29 is 4.57 Å². The Balaban J connectivity index is 1.70. The molecular weight excluding hydrogens is 469 g/mol. The molecule has 3 heteroatoms. The van der Waals surface area contributed by atoms with Gasteiger partial charge in [-0.05, 0) is 45.9 Å². The fourth-order valence-electron chi connectivity index (χ4n) is 5.85. The maximum Gasteiger partial charge on any atom is 0.173 e. The summed E-state index contributed by atoms with van der Waals surface area (Å²) in [4.78, 5) is 4.95. The van der Waals surface area contributed by atoms with Crippen LogP contribution in [0.3, 0.4) is 0 Å². The summed E-state index contributed by atoms with van der Waals surface area (Å²) >= 11 is 0. The summed E-state index contributed by atoms with van der Waals surface area (Å²) in [6, 6.07) is 43.1. The van der Waals surface area contributed by atoms with Gasteiger partial charge in [0.1, 0.15) is 0 Å². The largest absolute Gasteiger partial charge is 0.309 e. The van der Waals surface area contributed by atoms with Gasteiger partial charge in [0, 0.05) is 22.2 Å². The van der Waals surface area contributed by atoms with Gasteiger partial charge in [0.2, 0.25) is 0 Å². The van der Waals surface area contributed by atoms with Crippen molar-refractivity contribution in [3.05, 3.63) is 145 Å². The van der Waals surface area contributed by atoms with Gasteiger partial charge < -0.3 is 4.57 Å². The lowest BCUT2D eigenvalue weighted by molar-refractivity contribution is 0.592. The molecule has 1 aliphatic carbocycles. The Labute approximate surface area is 216 Å². The van der Waals surface area contributed by atoms with Crippen LogP contribution in [0.4, 0.5) is 0 Å². The van der Waals surface area contributed by atoms with Crippen molar-refractivity contribution in [1.29, 1.82) is 0 Å². The van der Waals surface area contributed by atoms with Gasteiger partial charge in [-0.15, -0.1) is 0 Å². The molecule has 0 atom stereocenters. The van der Waals surface area contributed by atoms with E-state index in [0.717, 1.165) is 44.4 Å².